The maximum Gasteiger partial charge on any atom is 0.338 e. The molecular formula is C24H26O2. The van der Waals surface area contributed by atoms with Gasteiger partial charge in [-0.15, -0.1) is 0 Å². The van der Waals surface area contributed by atoms with Gasteiger partial charge in [-0.2, -0.15) is 0 Å². The molecule has 0 atom stereocenters. The van der Waals surface area contributed by atoms with Gasteiger partial charge < -0.3 is 4.74 Å². The van der Waals surface area contributed by atoms with Crippen molar-refractivity contribution in [2.75, 3.05) is 6.61 Å². The lowest BCUT2D eigenvalue weighted by molar-refractivity contribution is 0.0526. The molecule has 0 unspecified atom stereocenters. The molecule has 0 heterocycles. The number of esters is 1. The van der Waals surface area contributed by atoms with Gasteiger partial charge in [-0.05, 0) is 71.7 Å². The Balaban J connectivity index is 1.92. The van der Waals surface area contributed by atoms with Crippen molar-refractivity contribution >= 4 is 5.97 Å². The van der Waals surface area contributed by atoms with Crippen LogP contribution in [0.2, 0.25) is 0 Å². The summed E-state index contributed by atoms with van der Waals surface area (Å²) in [5.41, 5.74) is 8.41. The van der Waals surface area contributed by atoms with E-state index in [1.54, 1.807) is 0 Å². The van der Waals surface area contributed by atoms with Crippen molar-refractivity contribution in [2.45, 2.75) is 40.0 Å². The maximum atomic E-state index is 11.8. The predicted octanol–water partition coefficient (Wildman–Crippen LogP) is 5.99. The second-order valence-corrected chi connectivity index (χ2v) is 7.10. The third-order valence-electron chi connectivity index (χ3n) is 4.88. The van der Waals surface area contributed by atoms with E-state index in [1.807, 2.05) is 31.2 Å². The summed E-state index contributed by atoms with van der Waals surface area (Å²) in [6, 6.07) is 19.0. The summed E-state index contributed by atoms with van der Waals surface area (Å²) in [5.74, 6) is 0.234. The fraction of sp³-hybridized carbons (Fsp3) is 0.292. The molecule has 0 fully saturated rings. The van der Waals surface area contributed by atoms with Crippen LogP contribution in [-0.4, -0.2) is 12.6 Å². The first-order valence-corrected chi connectivity index (χ1v) is 9.27. The van der Waals surface area contributed by atoms with Gasteiger partial charge in [0.2, 0.25) is 0 Å². The highest BCUT2D eigenvalue weighted by molar-refractivity contribution is 5.89. The lowest BCUT2D eigenvalue weighted by atomic mass is 9.98. The minimum Gasteiger partial charge on any atom is -0.462 e. The Morgan fingerprint density at radius 2 is 1.69 bits per heavy atom. The summed E-state index contributed by atoms with van der Waals surface area (Å²) in [6.07, 6.45) is 0.843. The highest BCUT2D eigenvalue weighted by Crippen LogP contribution is 2.33. The van der Waals surface area contributed by atoms with Gasteiger partial charge in [-0.25, -0.2) is 4.79 Å². The predicted molar refractivity (Wildman–Crippen MR) is 107 cm³/mol. The molecule has 0 saturated heterocycles. The maximum absolute atomic E-state index is 11.8. The molecule has 2 aliphatic rings. The highest BCUT2D eigenvalue weighted by atomic mass is 16.5. The minimum absolute atomic E-state index is 0.263. The van der Waals surface area contributed by atoms with Gasteiger partial charge in [0, 0.05) is 0 Å². The molecule has 0 amide bonds. The molecule has 2 aliphatic carbocycles. The van der Waals surface area contributed by atoms with Crippen molar-refractivity contribution in [3.05, 3.63) is 82.4 Å². The summed E-state index contributed by atoms with van der Waals surface area (Å²) in [7, 11) is 0. The van der Waals surface area contributed by atoms with Crippen molar-refractivity contribution in [2.24, 2.45) is 0 Å². The largest absolute Gasteiger partial charge is 0.462 e. The summed E-state index contributed by atoms with van der Waals surface area (Å²) < 4.78 is 5.06. The molecule has 0 radical (unpaired) electrons. The molecule has 2 heteroatoms. The first kappa shape index (κ1) is 18.2. The van der Waals surface area contributed by atoms with Crippen LogP contribution in [0.25, 0.3) is 11.1 Å². The second kappa shape index (κ2) is 7.74. The first-order valence-electron chi connectivity index (χ1n) is 9.27. The summed E-state index contributed by atoms with van der Waals surface area (Å²) in [5, 5.41) is 0. The van der Waals surface area contributed by atoms with Gasteiger partial charge in [0.15, 0.2) is 0 Å². The SMILES string of the molecule is CCOC(=O)c1ccc(Cc2ccc(C(C)C)cc3c(C)ccc2-3)cc1. The van der Waals surface area contributed by atoms with Crippen molar-refractivity contribution in [1.29, 1.82) is 0 Å². The van der Waals surface area contributed by atoms with Gasteiger partial charge in [0.1, 0.15) is 0 Å². The number of hydrogen-bond acceptors (Lipinski definition) is 2. The Hall–Kier alpha value is -2.61. The van der Waals surface area contributed by atoms with Crippen LogP contribution < -0.4 is 0 Å². The Morgan fingerprint density at radius 1 is 0.962 bits per heavy atom. The van der Waals surface area contributed by atoms with E-state index in [4.69, 9.17) is 4.74 Å². The van der Waals surface area contributed by atoms with Gasteiger partial charge in [-0.1, -0.05) is 56.3 Å². The number of ether oxygens (including phenoxy) is 1. The van der Waals surface area contributed by atoms with Gasteiger partial charge in [0.25, 0.3) is 0 Å². The van der Waals surface area contributed by atoms with Crippen LogP contribution in [0.3, 0.4) is 0 Å². The average Bonchev–Trinajstić information content (AvgIpc) is 2.87. The smallest absolute Gasteiger partial charge is 0.338 e. The van der Waals surface area contributed by atoms with Crippen LogP contribution in [0, 0.1) is 6.92 Å². The zero-order valence-electron chi connectivity index (χ0n) is 16.0. The van der Waals surface area contributed by atoms with Crippen molar-refractivity contribution in [3.8, 4) is 11.1 Å². The molecule has 2 nitrogen and oxygen atoms in total. The molecule has 1 aromatic carbocycles. The Labute approximate surface area is 156 Å². The van der Waals surface area contributed by atoms with Crippen LogP contribution in [0.5, 0.6) is 0 Å². The van der Waals surface area contributed by atoms with E-state index in [-0.39, 0.29) is 5.97 Å². The lowest BCUT2D eigenvalue weighted by Crippen LogP contribution is -2.04. The standard InChI is InChI=1S/C24H26O2/c1-5-26-24(25)19-9-7-18(8-10-19)14-21-12-11-20(16(2)3)15-23-17(4)6-13-22(21)23/h6-13,15-16H,5,14H2,1-4H3. The number of hydrogen-bond donors (Lipinski definition) is 0. The van der Waals surface area contributed by atoms with Crippen LogP contribution >= 0.6 is 0 Å². The van der Waals surface area contributed by atoms with Gasteiger partial charge >= 0.3 is 5.97 Å². The third kappa shape index (κ3) is 3.80. The molecule has 0 bridgehead atoms. The first-order chi connectivity index (χ1) is 12.5. The van der Waals surface area contributed by atoms with Crippen LogP contribution in [-0.2, 0) is 11.2 Å². The number of rotatable bonds is 5. The minimum atomic E-state index is -0.263. The number of aryl methyl sites for hydroxylation is 1. The number of carbonyl (C=O) groups excluding carboxylic acids is 1. The van der Waals surface area contributed by atoms with E-state index in [2.05, 4.69) is 51.1 Å². The van der Waals surface area contributed by atoms with E-state index in [0.717, 1.165) is 6.42 Å². The van der Waals surface area contributed by atoms with Crippen LogP contribution in [0.15, 0.2) is 54.6 Å². The molecule has 26 heavy (non-hydrogen) atoms. The molecule has 0 aliphatic heterocycles. The van der Waals surface area contributed by atoms with E-state index < -0.39 is 0 Å². The fourth-order valence-corrected chi connectivity index (χ4v) is 3.28. The molecule has 3 rings (SSSR count). The Kier molecular flexibility index (Phi) is 5.41. The summed E-state index contributed by atoms with van der Waals surface area (Å²) in [4.78, 5) is 11.8. The molecular weight excluding hydrogens is 320 g/mol. The zero-order valence-corrected chi connectivity index (χ0v) is 16.0. The molecule has 0 N–H and O–H groups in total. The van der Waals surface area contributed by atoms with Gasteiger partial charge in [0.05, 0.1) is 12.2 Å². The molecule has 0 saturated carbocycles. The molecule has 1 aromatic rings. The number of benzene rings is 1. The number of fused-ring (bicyclic) bond motifs is 1. The quantitative estimate of drug-likeness (QED) is 0.530. The normalized spacial score (nSPS) is 11.1. The third-order valence-corrected chi connectivity index (χ3v) is 4.88. The summed E-state index contributed by atoms with van der Waals surface area (Å²) in [6.45, 7) is 8.85. The molecule has 0 aromatic heterocycles. The van der Waals surface area contributed by atoms with E-state index in [0.29, 0.717) is 18.1 Å². The van der Waals surface area contributed by atoms with Gasteiger partial charge in [-0.3, -0.25) is 0 Å². The average molecular weight is 346 g/mol. The molecule has 0 spiro atoms. The Bertz CT molecular complexity index is 875. The van der Waals surface area contributed by atoms with Crippen molar-refractivity contribution < 1.29 is 9.53 Å². The fourth-order valence-electron chi connectivity index (χ4n) is 3.28. The van der Waals surface area contributed by atoms with Crippen molar-refractivity contribution in [1.82, 2.24) is 0 Å². The number of carbonyl (C=O) groups is 1. The monoisotopic (exact) mass is 346 g/mol. The van der Waals surface area contributed by atoms with E-state index >= 15 is 0 Å². The van der Waals surface area contributed by atoms with E-state index in [9.17, 15) is 4.79 Å². The second-order valence-electron chi connectivity index (χ2n) is 7.10. The molecule has 134 valence electrons. The van der Waals surface area contributed by atoms with Crippen molar-refractivity contribution in [3.63, 3.8) is 0 Å². The summed E-state index contributed by atoms with van der Waals surface area (Å²) >= 11 is 0. The zero-order chi connectivity index (χ0) is 18.7. The lowest BCUT2D eigenvalue weighted by Gasteiger charge is -2.07. The topological polar surface area (TPSA) is 26.3 Å². The highest BCUT2D eigenvalue weighted by Gasteiger charge is 2.13. The van der Waals surface area contributed by atoms with Crippen LogP contribution in [0.1, 0.15) is 59.3 Å². The van der Waals surface area contributed by atoms with Crippen LogP contribution in [0.4, 0.5) is 0 Å². The Morgan fingerprint density at radius 3 is 2.35 bits per heavy atom. The van der Waals surface area contributed by atoms with E-state index in [1.165, 1.54) is 33.4 Å².